The van der Waals surface area contributed by atoms with Gasteiger partial charge in [0.05, 0.1) is 42.7 Å². The van der Waals surface area contributed by atoms with Crippen molar-refractivity contribution in [3.63, 3.8) is 0 Å². The number of halogens is 1. The lowest BCUT2D eigenvalue weighted by atomic mass is 9.93. The van der Waals surface area contributed by atoms with Crippen molar-refractivity contribution in [2.24, 2.45) is 4.99 Å². The molecule has 3 heterocycles. The molecule has 3 aromatic rings. The molecule has 2 aliphatic rings. The molecule has 0 bridgehead atoms. The van der Waals surface area contributed by atoms with Gasteiger partial charge in [-0.3, -0.25) is 9.36 Å². The molecule has 10 heteroatoms. The molecule has 0 radical (unpaired) electrons. The summed E-state index contributed by atoms with van der Waals surface area (Å²) in [4.78, 5) is 35.1. The molecule has 0 amide bonds. The molecule has 0 unspecified atom stereocenters. The molecule has 1 aromatic heterocycles. The van der Waals surface area contributed by atoms with Crippen LogP contribution in [-0.4, -0.2) is 50.6 Å². The fourth-order valence-electron chi connectivity index (χ4n) is 5.09. The number of methoxy groups -OCH3 is 1. The Morgan fingerprint density at radius 3 is 2.60 bits per heavy atom. The van der Waals surface area contributed by atoms with Crippen molar-refractivity contribution in [2.45, 2.75) is 32.7 Å². The zero-order valence-electron chi connectivity index (χ0n) is 22.8. The van der Waals surface area contributed by atoms with Crippen molar-refractivity contribution >= 4 is 45.0 Å². The number of ether oxygens (including phenoxy) is 3. The minimum atomic E-state index is -0.741. The maximum absolute atomic E-state index is 14.0. The molecule has 0 spiro atoms. The summed E-state index contributed by atoms with van der Waals surface area (Å²) in [5.74, 6) is 0.0933. The van der Waals surface area contributed by atoms with Crippen LogP contribution in [0.4, 0.5) is 5.69 Å². The number of hydrogen-bond donors (Lipinski definition) is 0. The number of morpholine rings is 1. The number of fused-ring (bicyclic) bond motifs is 1. The number of anilines is 1. The Kier molecular flexibility index (Phi) is 8.87. The van der Waals surface area contributed by atoms with Crippen LogP contribution in [0.2, 0.25) is 0 Å². The Bertz CT molecular complexity index is 1600. The zero-order valence-corrected chi connectivity index (χ0v) is 25.2. The third kappa shape index (κ3) is 5.66. The van der Waals surface area contributed by atoms with Crippen LogP contribution >= 0.6 is 27.3 Å². The van der Waals surface area contributed by atoms with Crippen LogP contribution < -0.4 is 24.5 Å². The van der Waals surface area contributed by atoms with Gasteiger partial charge in [0.2, 0.25) is 0 Å². The van der Waals surface area contributed by atoms with Gasteiger partial charge in [-0.15, -0.1) is 0 Å². The first-order valence-corrected chi connectivity index (χ1v) is 15.0. The second kappa shape index (κ2) is 12.5. The topological polar surface area (TPSA) is 82.4 Å². The molecule has 0 aliphatic carbocycles. The Balaban J connectivity index is 1.66. The lowest BCUT2D eigenvalue weighted by molar-refractivity contribution is -0.139. The van der Waals surface area contributed by atoms with Crippen molar-refractivity contribution in [2.75, 3.05) is 44.9 Å². The molecule has 1 saturated heterocycles. The van der Waals surface area contributed by atoms with Gasteiger partial charge in [0.25, 0.3) is 5.56 Å². The number of rotatable bonds is 8. The third-order valence-electron chi connectivity index (χ3n) is 6.95. The number of allylic oxidation sites excluding steroid dienone is 1. The normalized spacial score (nSPS) is 17.4. The summed E-state index contributed by atoms with van der Waals surface area (Å²) in [6.45, 7) is 7.19. The highest BCUT2D eigenvalue weighted by molar-refractivity contribution is 9.10. The summed E-state index contributed by atoms with van der Waals surface area (Å²) in [5, 5.41) is 0. The summed E-state index contributed by atoms with van der Waals surface area (Å²) in [7, 11) is 1.58. The standard InChI is InChI=1S/C30H32BrN3O5S/c1-4-6-23-26(29(36)39-5-2)27(22-18-20(31)9-12-24(22)37-3)34-28(35)25(40-30(34)32-23)17-19-7-10-21(11-8-19)33-13-15-38-16-14-33/h7-12,17-18,27H,4-6,13-16H2,1-3H3/b25-17-/t27-/m1/s1. The first kappa shape index (κ1) is 28.3. The van der Waals surface area contributed by atoms with E-state index in [1.54, 1.807) is 18.6 Å². The molecule has 0 N–H and O–H groups in total. The average molecular weight is 627 g/mol. The van der Waals surface area contributed by atoms with Gasteiger partial charge in [-0.2, -0.15) is 0 Å². The number of aromatic nitrogens is 1. The molecule has 1 fully saturated rings. The lowest BCUT2D eigenvalue weighted by Crippen LogP contribution is -2.40. The first-order valence-electron chi connectivity index (χ1n) is 13.4. The number of thiazole rings is 1. The van der Waals surface area contributed by atoms with Gasteiger partial charge >= 0.3 is 5.97 Å². The predicted octanol–water partition coefficient (Wildman–Crippen LogP) is 4.19. The smallest absolute Gasteiger partial charge is 0.338 e. The number of esters is 1. The maximum Gasteiger partial charge on any atom is 0.338 e. The molecule has 210 valence electrons. The molecule has 5 rings (SSSR count). The highest BCUT2D eigenvalue weighted by atomic mass is 79.9. The lowest BCUT2D eigenvalue weighted by Gasteiger charge is -2.28. The molecule has 8 nitrogen and oxygen atoms in total. The first-order chi connectivity index (χ1) is 19.4. The summed E-state index contributed by atoms with van der Waals surface area (Å²) >= 11 is 4.88. The average Bonchev–Trinajstić information content (AvgIpc) is 3.27. The fraction of sp³-hybridized carbons (Fsp3) is 0.367. The minimum absolute atomic E-state index is 0.217. The van der Waals surface area contributed by atoms with E-state index < -0.39 is 12.0 Å². The monoisotopic (exact) mass is 625 g/mol. The number of hydrogen-bond acceptors (Lipinski definition) is 8. The quantitative estimate of drug-likeness (QED) is 0.349. The minimum Gasteiger partial charge on any atom is -0.496 e. The molecule has 2 aliphatic heterocycles. The maximum atomic E-state index is 14.0. The molecular weight excluding hydrogens is 594 g/mol. The Labute approximate surface area is 245 Å². The van der Waals surface area contributed by atoms with Gasteiger partial charge < -0.3 is 19.1 Å². The molecule has 2 aromatic carbocycles. The van der Waals surface area contributed by atoms with Crippen molar-refractivity contribution < 1.29 is 19.0 Å². The van der Waals surface area contributed by atoms with E-state index in [1.807, 2.05) is 43.3 Å². The molecular formula is C30H32BrN3O5S. The van der Waals surface area contributed by atoms with E-state index in [-0.39, 0.29) is 12.2 Å². The fourth-order valence-corrected chi connectivity index (χ4v) is 6.49. The van der Waals surface area contributed by atoms with Crippen molar-refractivity contribution in [3.05, 3.63) is 89.0 Å². The summed E-state index contributed by atoms with van der Waals surface area (Å²) in [5.41, 5.74) is 3.52. The van der Waals surface area contributed by atoms with E-state index in [4.69, 9.17) is 19.2 Å². The van der Waals surface area contributed by atoms with Crippen LogP contribution in [0.15, 0.2) is 68.0 Å². The van der Waals surface area contributed by atoms with Gasteiger partial charge in [-0.25, -0.2) is 9.79 Å². The molecule has 0 saturated carbocycles. The number of nitrogens with zero attached hydrogens (tertiary/aromatic N) is 3. The Morgan fingerprint density at radius 2 is 1.93 bits per heavy atom. The Hall–Kier alpha value is -3.21. The van der Waals surface area contributed by atoms with E-state index in [0.717, 1.165) is 48.4 Å². The van der Waals surface area contributed by atoms with Crippen LogP contribution in [0.1, 0.15) is 43.9 Å². The van der Waals surface area contributed by atoms with Crippen LogP contribution in [0, 0.1) is 0 Å². The van der Waals surface area contributed by atoms with Gasteiger partial charge in [-0.1, -0.05) is 52.7 Å². The number of carbonyl (C=O) groups excluding carboxylic acids is 1. The second-order valence-corrected chi connectivity index (χ2v) is 11.4. The van der Waals surface area contributed by atoms with Gasteiger partial charge in [0.1, 0.15) is 11.8 Å². The van der Waals surface area contributed by atoms with Gasteiger partial charge in [-0.05, 0) is 55.3 Å². The van der Waals surface area contributed by atoms with Gasteiger partial charge in [0, 0.05) is 28.8 Å². The van der Waals surface area contributed by atoms with E-state index >= 15 is 0 Å². The molecule has 40 heavy (non-hydrogen) atoms. The van der Waals surface area contributed by atoms with Crippen molar-refractivity contribution in [1.29, 1.82) is 0 Å². The third-order valence-corrected chi connectivity index (χ3v) is 8.42. The van der Waals surface area contributed by atoms with E-state index in [1.165, 1.54) is 11.3 Å². The van der Waals surface area contributed by atoms with Crippen molar-refractivity contribution in [1.82, 2.24) is 4.57 Å². The highest BCUT2D eigenvalue weighted by Gasteiger charge is 2.36. The van der Waals surface area contributed by atoms with Crippen LogP contribution in [0.3, 0.4) is 0 Å². The summed E-state index contributed by atoms with van der Waals surface area (Å²) < 4.78 is 19.6. The van der Waals surface area contributed by atoms with Crippen LogP contribution in [-0.2, 0) is 14.3 Å². The highest BCUT2D eigenvalue weighted by Crippen LogP contribution is 2.38. The Morgan fingerprint density at radius 1 is 1.18 bits per heavy atom. The summed E-state index contributed by atoms with van der Waals surface area (Å²) in [6.07, 6.45) is 3.25. The van der Waals surface area contributed by atoms with Crippen LogP contribution in [0.5, 0.6) is 5.75 Å². The van der Waals surface area contributed by atoms with E-state index in [2.05, 4.69) is 33.0 Å². The van der Waals surface area contributed by atoms with Gasteiger partial charge in [0.15, 0.2) is 4.80 Å². The SMILES string of the molecule is CCCC1=C(C(=O)OCC)[C@@H](c2cc(Br)ccc2OC)n2c(s/c(=C\c3ccc(N4CCOCC4)cc3)c2=O)=N1. The van der Waals surface area contributed by atoms with Crippen LogP contribution in [0.25, 0.3) is 6.08 Å². The van der Waals surface area contributed by atoms with E-state index in [9.17, 15) is 9.59 Å². The van der Waals surface area contributed by atoms with Crippen molar-refractivity contribution in [3.8, 4) is 5.75 Å². The summed E-state index contributed by atoms with van der Waals surface area (Å²) in [6, 6.07) is 13.0. The molecule has 1 atom stereocenters. The van der Waals surface area contributed by atoms with E-state index in [0.29, 0.717) is 38.3 Å². The number of benzene rings is 2. The predicted molar refractivity (Wildman–Crippen MR) is 160 cm³/mol. The largest absolute Gasteiger partial charge is 0.496 e. The number of carbonyl (C=O) groups is 1. The zero-order chi connectivity index (χ0) is 28.2. The second-order valence-electron chi connectivity index (χ2n) is 9.49.